The lowest BCUT2D eigenvalue weighted by molar-refractivity contribution is 0.190. The van der Waals surface area contributed by atoms with Gasteiger partial charge in [0.1, 0.15) is 0 Å². The SMILES string of the molecule is C=C/C=C(\C=C/N)N1CCN(C)CC1. The van der Waals surface area contributed by atoms with Crippen molar-refractivity contribution in [2.75, 3.05) is 33.2 Å². The standard InChI is InChI=1S/C11H19N3/c1-3-4-11(5-6-12)14-9-7-13(2)8-10-14/h3-6H,1,7-10,12H2,2H3/b6-5-,11-4+. The largest absolute Gasteiger partial charge is 0.405 e. The van der Waals surface area contributed by atoms with E-state index < -0.39 is 0 Å². The van der Waals surface area contributed by atoms with Crippen molar-refractivity contribution in [2.45, 2.75) is 0 Å². The quantitative estimate of drug-likeness (QED) is 0.672. The predicted octanol–water partition coefficient (Wildman–Crippen LogP) is 0.776. The number of nitrogens with zero attached hydrogens (tertiary/aromatic N) is 2. The predicted molar refractivity (Wildman–Crippen MR) is 60.7 cm³/mol. The molecule has 0 aromatic carbocycles. The van der Waals surface area contributed by atoms with Crippen molar-refractivity contribution in [3.05, 3.63) is 36.7 Å². The van der Waals surface area contributed by atoms with Gasteiger partial charge in [-0.2, -0.15) is 0 Å². The topological polar surface area (TPSA) is 32.5 Å². The van der Waals surface area contributed by atoms with E-state index in [4.69, 9.17) is 5.73 Å². The molecule has 1 heterocycles. The number of allylic oxidation sites excluding steroid dienone is 3. The van der Waals surface area contributed by atoms with E-state index in [-0.39, 0.29) is 0 Å². The highest BCUT2D eigenvalue weighted by Gasteiger charge is 2.13. The lowest BCUT2D eigenvalue weighted by Crippen LogP contribution is -2.43. The Morgan fingerprint density at radius 1 is 1.29 bits per heavy atom. The van der Waals surface area contributed by atoms with Crippen LogP contribution in [0.15, 0.2) is 36.7 Å². The molecule has 1 rings (SSSR count). The molecular weight excluding hydrogens is 174 g/mol. The minimum atomic E-state index is 1.06. The van der Waals surface area contributed by atoms with Crippen LogP contribution in [0.25, 0.3) is 0 Å². The molecule has 1 aliphatic rings. The van der Waals surface area contributed by atoms with Gasteiger partial charge in [0.2, 0.25) is 0 Å². The normalized spacial score (nSPS) is 20.4. The second kappa shape index (κ2) is 5.50. The van der Waals surface area contributed by atoms with E-state index in [1.165, 1.54) is 0 Å². The van der Waals surface area contributed by atoms with Crippen molar-refractivity contribution in [2.24, 2.45) is 5.73 Å². The van der Waals surface area contributed by atoms with Crippen molar-refractivity contribution in [1.29, 1.82) is 0 Å². The Morgan fingerprint density at radius 2 is 1.93 bits per heavy atom. The zero-order chi connectivity index (χ0) is 10.4. The zero-order valence-corrected chi connectivity index (χ0v) is 8.82. The molecule has 1 saturated heterocycles. The van der Waals surface area contributed by atoms with Crippen LogP contribution in [0.3, 0.4) is 0 Å². The van der Waals surface area contributed by atoms with E-state index in [1.54, 1.807) is 12.3 Å². The molecule has 0 aromatic heterocycles. The second-order valence-electron chi connectivity index (χ2n) is 3.48. The Morgan fingerprint density at radius 3 is 2.43 bits per heavy atom. The van der Waals surface area contributed by atoms with Gasteiger partial charge >= 0.3 is 0 Å². The van der Waals surface area contributed by atoms with E-state index in [9.17, 15) is 0 Å². The van der Waals surface area contributed by atoms with Crippen LogP contribution in [0.2, 0.25) is 0 Å². The Hall–Kier alpha value is -1.22. The van der Waals surface area contributed by atoms with Gasteiger partial charge in [-0.1, -0.05) is 12.7 Å². The van der Waals surface area contributed by atoms with E-state index in [2.05, 4.69) is 23.4 Å². The van der Waals surface area contributed by atoms with Crippen LogP contribution in [0.1, 0.15) is 0 Å². The van der Waals surface area contributed by atoms with Crippen LogP contribution >= 0.6 is 0 Å². The molecule has 0 atom stereocenters. The summed E-state index contributed by atoms with van der Waals surface area (Å²) in [5, 5.41) is 0. The Balaban J connectivity index is 2.61. The van der Waals surface area contributed by atoms with Gasteiger partial charge < -0.3 is 15.5 Å². The monoisotopic (exact) mass is 193 g/mol. The van der Waals surface area contributed by atoms with Crippen LogP contribution < -0.4 is 5.73 Å². The van der Waals surface area contributed by atoms with Crippen LogP contribution in [0.5, 0.6) is 0 Å². The molecule has 0 amide bonds. The number of likely N-dealkylation sites (N-methyl/N-ethyl adjacent to an activating group) is 1. The summed E-state index contributed by atoms with van der Waals surface area (Å²) in [6.45, 7) is 8.02. The lowest BCUT2D eigenvalue weighted by Gasteiger charge is -2.34. The first-order chi connectivity index (χ1) is 6.77. The Bertz CT molecular complexity index is 235. The summed E-state index contributed by atoms with van der Waals surface area (Å²) in [5.41, 5.74) is 6.55. The minimum Gasteiger partial charge on any atom is -0.405 e. The molecule has 1 fully saturated rings. The van der Waals surface area contributed by atoms with Crippen molar-refractivity contribution in [1.82, 2.24) is 9.80 Å². The van der Waals surface area contributed by atoms with Gasteiger partial charge in [0, 0.05) is 31.9 Å². The molecule has 2 N–H and O–H groups in total. The van der Waals surface area contributed by atoms with Crippen LogP contribution in [-0.2, 0) is 0 Å². The van der Waals surface area contributed by atoms with Crippen molar-refractivity contribution in [3.8, 4) is 0 Å². The molecule has 1 aliphatic heterocycles. The third-order valence-corrected chi connectivity index (χ3v) is 2.42. The van der Waals surface area contributed by atoms with Gasteiger partial charge in [-0.05, 0) is 25.4 Å². The third-order valence-electron chi connectivity index (χ3n) is 2.42. The molecule has 0 aromatic rings. The molecule has 0 bridgehead atoms. The molecule has 0 unspecified atom stereocenters. The van der Waals surface area contributed by atoms with Crippen LogP contribution in [0, 0.1) is 0 Å². The number of rotatable bonds is 3. The molecular formula is C11H19N3. The summed E-state index contributed by atoms with van der Waals surface area (Å²) < 4.78 is 0. The fourth-order valence-electron chi connectivity index (χ4n) is 1.55. The van der Waals surface area contributed by atoms with Crippen molar-refractivity contribution in [3.63, 3.8) is 0 Å². The smallest absolute Gasteiger partial charge is 0.0381 e. The lowest BCUT2D eigenvalue weighted by atomic mass is 10.2. The third kappa shape index (κ3) is 2.92. The summed E-state index contributed by atoms with van der Waals surface area (Å²) in [7, 11) is 2.15. The average Bonchev–Trinajstić information content (AvgIpc) is 2.19. The van der Waals surface area contributed by atoms with Gasteiger partial charge in [0.15, 0.2) is 0 Å². The molecule has 0 aliphatic carbocycles. The number of piperazine rings is 1. The summed E-state index contributed by atoms with van der Waals surface area (Å²) >= 11 is 0. The summed E-state index contributed by atoms with van der Waals surface area (Å²) in [6.07, 6.45) is 7.29. The number of hydrogen-bond acceptors (Lipinski definition) is 3. The Kier molecular flexibility index (Phi) is 4.26. The van der Waals surface area contributed by atoms with E-state index in [0.29, 0.717) is 0 Å². The average molecular weight is 193 g/mol. The van der Waals surface area contributed by atoms with E-state index in [1.807, 2.05) is 12.2 Å². The van der Waals surface area contributed by atoms with Gasteiger partial charge in [-0.25, -0.2) is 0 Å². The van der Waals surface area contributed by atoms with Crippen molar-refractivity contribution < 1.29 is 0 Å². The van der Waals surface area contributed by atoms with Gasteiger partial charge in [-0.15, -0.1) is 0 Å². The summed E-state index contributed by atoms with van der Waals surface area (Å²) in [4.78, 5) is 4.65. The maximum absolute atomic E-state index is 5.40. The molecule has 0 saturated carbocycles. The molecule has 3 heteroatoms. The second-order valence-corrected chi connectivity index (χ2v) is 3.48. The molecule has 0 spiro atoms. The highest BCUT2D eigenvalue weighted by molar-refractivity contribution is 5.21. The fraction of sp³-hybridized carbons (Fsp3) is 0.455. The molecule has 0 radical (unpaired) electrons. The highest BCUT2D eigenvalue weighted by Crippen LogP contribution is 2.09. The van der Waals surface area contributed by atoms with Gasteiger partial charge in [0.05, 0.1) is 0 Å². The molecule has 78 valence electrons. The van der Waals surface area contributed by atoms with Gasteiger partial charge in [0.25, 0.3) is 0 Å². The molecule has 14 heavy (non-hydrogen) atoms. The van der Waals surface area contributed by atoms with Crippen LogP contribution in [0.4, 0.5) is 0 Å². The summed E-state index contributed by atoms with van der Waals surface area (Å²) in [6, 6.07) is 0. The van der Waals surface area contributed by atoms with E-state index >= 15 is 0 Å². The molecule has 3 nitrogen and oxygen atoms in total. The first-order valence-electron chi connectivity index (χ1n) is 4.92. The fourth-order valence-corrected chi connectivity index (χ4v) is 1.55. The van der Waals surface area contributed by atoms with Gasteiger partial charge in [-0.3, -0.25) is 0 Å². The first-order valence-corrected chi connectivity index (χ1v) is 4.92. The minimum absolute atomic E-state index is 1.06. The van der Waals surface area contributed by atoms with E-state index in [0.717, 1.165) is 31.9 Å². The van der Waals surface area contributed by atoms with Crippen molar-refractivity contribution >= 4 is 0 Å². The maximum Gasteiger partial charge on any atom is 0.0381 e. The number of nitrogens with two attached hydrogens (primary N) is 1. The zero-order valence-electron chi connectivity index (χ0n) is 8.82. The Labute approximate surface area is 86.2 Å². The first kappa shape index (κ1) is 10.9. The maximum atomic E-state index is 5.40. The number of hydrogen-bond donors (Lipinski definition) is 1. The summed E-state index contributed by atoms with van der Waals surface area (Å²) in [5.74, 6) is 0. The van der Waals surface area contributed by atoms with Crippen LogP contribution in [-0.4, -0.2) is 43.0 Å². The highest BCUT2D eigenvalue weighted by atomic mass is 15.2.